The first-order chi connectivity index (χ1) is 11.5. The fourth-order valence-corrected chi connectivity index (χ4v) is 2.48. The first-order valence-electron chi connectivity index (χ1n) is 7.79. The van der Waals surface area contributed by atoms with Gasteiger partial charge in [-0.3, -0.25) is 4.79 Å². The summed E-state index contributed by atoms with van der Waals surface area (Å²) in [4.78, 5) is 12.2. The van der Waals surface area contributed by atoms with Crippen LogP contribution < -0.4 is 14.8 Å². The molecule has 24 heavy (non-hydrogen) atoms. The van der Waals surface area contributed by atoms with Gasteiger partial charge in [-0.05, 0) is 49.2 Å². The molecule has 0 aromatic heterocycles. The number of nitrogens with one attached hydrogen (secondary N) is 1. The monoisotopic (exact) mass is 331 g/mol. The third kappa shape index (κ3) is 4.72. The van der Waals surface area contributed by atoms with Crippen LogP contribution in [0, 0.1) is 5.82 Å². The van der Waals surface area contributed by atoms with Crippen LogP contribution in [0.4, 0.5) is 4.39 Å². The Labute approximate surface area is 141 Å². The number of ether oxygens (including phenoxy) is 2. The van der Waals surface area contributed by atoms with Gasteiger partial charge in [-0.15, -0.1) is 0 Å². The third-order valence-electron chi connectivity index (χ3n) is 3.83. The molecular formula is C19H22FNO3. The molecule has 0 fully saturated rings. The molecule has 0 unspecified atom stereocenters. The zero-order chi connectivity index (χ0) is 17.5. The van der Waals surface area contributed by atoms with Gasteiger partial charge in [-0.1, -0.05) is 12.1 Å². The average Bonchev–Trinajstić information content (AvgIpc) is 2.60. The maximum Gasteiger partial charge on any atom is 0.220 e. The number of aryl methyl sites for hydroxylation is 1. The van der Waals surface area contributed by atoms with E-state index >= 15 is 0 Å². The van der Waals surface area contributed by atoms with Gasteiger partial charge in [0.2, 0.25) is 5.91 Å². The molecule has 0 saturated heterocycles. The van der Waals surface area contributed by atoms with E-state index in [2.05, 4.69) is 5.32 Å². The molecule has 1 atom stereocenters. The van der Waals surface area contributed by atoms with Crippen LogP contribution in [-0.2, 0) is 11.2 Å². The maximum absolute atomic E-state index is 12.9. The van der Waals surface area contributed by atoms with Crippen molar-refractivity contribution in [2.24, 2.45) is 0 Å². The fourth-order valence-electron chi connectivity index (χ4n) is 2.48. The van der Waals surface area contributed by atoms with Crippen molar-refractivity contribution in [2.45, 2.75) is 25.8 Å². The van der Waals surface area contributed by atoms with Crippen molar-refractivity contribution >= 4 is 5.91 Å². The Bertz CT molecular complexity index is 686. The van der Waals surface area contributed by atoms with Crippen LogP contribution in [-0.4, -0.2) is 20.1 Å². The number of halogens is 1. The third-order valence-corrected chi connectivity index (χ3v) is 3.83. The largest absolute Gasteiger partial charge is 0.497 e. The number of hydrogen-bond donors (Lipinski definition) is 1. The van der Waals surface area contributed by atoms with Crippen molar-refractivity contribution in [3.05, 3.63) is 59.4 Å². The van der Waals surface area contributed by atoms with Crippen LogP contribution in [0.3, 0.4) is 0 Å². The highest BCUT2D eigenvalue weighted by Crippen LogP contribution is 2.29. The Morgan fingerprint density at radius 2 is 1.83 bits per heavy atom. The van der Waals surface area contributed by atoms with Crippen LogP contribution in [0.15, 0.2) is 42.5 Å². The summed E-state index contributed by atoms with van der Waals surface area (Å²) < 4.78 is 23.4. The molecule has 0 aliphatic carbocycles. The van der Waals surface area contributed by atoms with Gasteiger partial charge in [0.1, 0.15) is 17.3 Å². The quantitative estimate of drug-likeness (QED) is 0.842. The summed E-state index contributed by atoms with van der Waals surface area (Å²) in [6.07, 6.45) is 0.899. The lowest BCUT2D eigenvalue weighted by Crippen LogP contribution is -2.27. The van der Waals surface area contributed by atoms with E-state index in [0.717, 1.165) is 11.1 Å². The first-order valence-corrected chi connectivity index (χ1v) is 7.79. The molecule has 128 valence electrons. The van der Waals surface area contributed by atoms with Gasteiger partial charge in [-0.2, -0.15) is 0 Å². The van der Waals surface area contributed by atoms with Gasteiger partial charge in [0, 0.05) is 12.0 Å². The summed E-state index contributed by atoms with van der Waals surface area (Å²) in [6.45, 7) is 1.90. The lowest BCUT2D eigenvalue weighted by molar-refractivity contribution is -0.121. The standard InChI is InChI=1S/C19H22FNO3/c1-13(17-12-16(23-2)9-10-18(17)24-3)21-19(22)11-6-14-4-7-15(20)8-5-14/h4-5,7-10,12-13H,6,11H2,1-3H3,(H,21,22)/t13-/m1/s1. The Balaban J connectivity index is 1.97. The first kappa shape index (κ1) is 17.8. The summed E-state index contributed by atoms with van der Waals surface area (Å²) in [6, 6.07) is 11.4. The van der Waals surface area contributed by atoms with Gasteiger partial charge >= 0.3 is 0 Å². The Kier molecular flexibility index (Phi) is 6.18. The molecule has 0 aliphatic rings. The molecule has 0 heterocycles. The minimum atomic E-state index is -0.276. The zero-order valence-corrected chi connectivity index (χ0v) is 14.1. The molecular weight excluding hydrogens is 309 g/mol. The molecule has 2 rings (SSSR count). The van der Waals surface area contributed by atoms with Gasteiger partial charge in [0.15, 0.2) is 0 Å². The summed E-state index contributed by atoms with van der Waals surface area (Å²) in [5.74, 6) is 1.05. The maximum atomic E-state index is 12.9. The molecule has 5 heteroatoms. The predicted molar refractivity (Wildman–Crippen MR) is 90.8 cm³/mol. The van der Waals surface area contributed by atoms with Crippen molar-refractivity contribution in [3.63, 3.8) is 0 Å². The van der Waals surface area contributed by atoms with E-state index in [9.17, 15) is 9.18 Å². The molecule has 1 amide bonds. The summed E-state index contributed by atoms with van der Waals surface area (Å²) >= 11 is 0. The second-order valence-electron chi connectivity index (χ2n) is 5.52. The normalized spacial score (nSPS) is 11.7. The Hall–Kier alpha value is -2.56. The number of rotatable bonds is 7. The molecule has 1 N–H and O–H groups in total. The van der Waals surface area contributed by atoms with E-state index in [1.807, 2.05) is 25.1 Å². The number of methoxy groups -OCH3 is 2. The SMILES string of the molecule is COc1ccc(OC)c([C@@H](C)NC(=O)CCc2ccc(F)cc2)c1. The summed E-state index contributed by atoms with van der Waals surface area (Å²) in [5.41, 5.74) is 1.78. The molecule has 0 bridgehead atoms. The molecule has 0 spiro atoms. The highest BCUT2D eigenvalue weighted by molar-refractivity contribution is 5.76. The van der Waals surface area contributed by atoms with Gasteiger partial charge in [0.25, 0.3) is 0 Å². The smallest absolute Gasteiger partial charge is 0.220 e. The van der Waals surface area contributed by atoms with E-state index in [0.29, 0.717) is 24.3 Å². The average molecular weight is 331 g/mol. The van der Waals surface area contributed by atoms with Crippen molar-refractivity contribution < 1.29 is 18.7 Å². The minimum Gasteiger partial charge on any atom is -0.497 e. The predicted octanol–water partition coefficient (Wildman–Crippen LogP) is 3.65. The molecule has 0 aliphatic heterocycles. The Morgan fingerprint density at radius 1 is 1.12 bits per heavy atom. The zero-order valence-electron chi connectivity index (χ0n) is 14.1. The van der Waals surface area contributed by atoms with E-state index in [1.165, 1.54) is 12.1 Å². The number of amides is 1. The van der Waals surface area contributed by atoms with Gasteiger partial charge in [0.05, 0.1) is 20.3 Å². The van der Waals surface area contributed by atoms with Crippen LogP contribution in [0.1, 0.15) is 30.5 Å². The molecule has 0 saturated carbocycles. The second kappa shape index (κ2) is 8.34. The summed E-state index contributed by atoms with van der Waals surface area (Å²) in [5, 5.41) is 2.96. The van der Waals surface area contributed by atoms with Gasteiger partial charge < -0.3 is 14.8 Å². The van der Waals surface area contributed by atoms with E-state index in [4.69, 9.17) is 9.47 Å². The number of benzene rings is 2. The van der Waals surface area contributed by atoms with E-state index < -0.39 is 0 Å². The van der Waals surface area contributed by atoms with Crippen molar-refractivity contribution in [2.75, 3.05) is 14.2 Å². The van der Waals surface area contributed by atoms with E-state index in [1.54, 1.807) is 26.4 Å². The van der Waals surface area contributed by atoms with Crippen molar-refractivity contribution in [3.8, 4) is 11.5 Å². The highest BCUT2D eigenvalue weighted by atomic mass is 19.1. The number of carbonyl (C=O) groups is 1. The van der Waals surface area contributed by atoms with E-state index in [-0.39, 0.29) is 17.8 Å². The fraction of sp³-hybridized carbons (Fsp3) is 0.316. The van der Waals surface area contributed by atoms with Crippen LogP contribution in [0.2, 0.25) is 0 Å². The minimum absolute atomic E-state index is 0.0725. The van der Waals surface area contributed by atoms with Crippen LogP contribution in [0.25, 0.3) is 0 Å². The van der Waals surface area contributed by atoms with Crippen LogP contribution >= 0.6 is 0 Å². The van der Waals surface area contributed by atoms with Gasteiger partial charge in [-0.25, -0.2) is 4.39 Å². The molecule has 2 aromatic carbocycles. The topological polar surface area (TPSA) is 47.6 Å². The highest BCUT2D eigenvalue weighted by Gasteiger charge is 2.15. The number of carbonyl (C=O) groups excluding carboxylic acids is 1. The van der Waals surface area contributed by atoms with Crippen molar-refractivity contribution in [1.29, 1.82) is 0 Å². The lowest BCUT2D eigenvalue weighted by atomic mass is 10.1. The lowest BCUT2D eigenvalue weighted by Gasteiger charge is -2.18. The van der Waals surface area contributed by atoms with Crippen LogP contribution in [0.5, 0.6) is 11.5 Å². The Morgan fingerprint density at radius 3 is 2.46 bits per heavy atom. The molecule has 4 nitrogen and oxygen atoms in total. The second-order valence-corrected chi connectivity index (χ2v) is 5.52. The molecule has 0 radical (unpaired) electrons. The molecule has 2 aromatic rings. The van der Waals surface area contributed by atoms with Crippen molar-refractivity contribution in [1.82, 2.24) is 5.32 Å². The number of hydrogen-bond acceptors (Lipinski definition) is 3. The summed E-state index contributed by atoms with van der Waals surface area (Å²) in [7, 11) is 3.19.